The maximum Gasteiger partial charge on any atom is 0.233 e. The number of carbonyl (C=O) groups is 1. The average Bonchev–Trinajstić information content (AvgIpc) is 2.35. The predicted molar refractivity (Wildman–Crippen MR) is 72.2 cm³/mol. The van der Waals surface area contributed by atoms with E-state index in [-0.39, 0.29) is 5.91 Å². The molecule has 4 nitrogen and oxygen atoms in total. The largest absolute Gasteiger partial charge is 0.493 e. The van der Waals surface area contributed by atoms with Crippen LogP contribution in [0.15, 0.2) is 18.2 Å². The average molecular weight is 250 g/mol. The van der Waals surface area contributed by atoms with Crippen molar-refractivity contribution >= 4 is 5.91 Å². The zero-order valence-electron chi connectivity index (χ0n) is 11.2. The lowest BCUT2D eigenvalue weighted by Gasteiger charge is -2.09. The summed E-state index contributed by atoms with van der Waals surface area (Å²) in [5, 5.41) is 0. The third kappa shape index (κ3) is 5.19. The summed E-state index contributed by atoms with van der Waals surface area (Å²) >= 11 is 0. The van der Waals surface area contributed by atoms with E-state index >= 15 is 0 Å². The monoisotopic (exact) mass is 250 g/mol. The van der Waals surface area contributed by atoms with Gasteiger partial charge in [0, 0.05) is 6.42 Å². The molecule has 0 heterocycles. The van der Waals surface area contributed by atoms with Gasteiger partial charge >= 0.3 is 0 Å². The Hall–Kier alpha value is -1.55. The molecule has 0 saturated carbocycles. The maximum absolute atomic E-state index is 10.9. The first kappa shape index (κ1) is 14.5. The maximum atomic E-state index is 10.9. The Labute approximate surface area is 108 Å². The van der Waals surface area contributed by atoms with Crippen molar-refractivity contribution in [3.63, 3.8) is 0 Å². The molecule has 0 unspecified atom stereocenters. The molecule has 100 valence electrons. The second kappa shape index (κ2) is 7.71. The highest BCUT2D eigenvalue weighted by Gasteiger charge is 2.00. The van der Waals surface area contributed by atoms with Crippen LogP contribution >= 0.6 is 0 Å². The van der Waals surface area contributed by atoms with Crippen molar-refractivity contribution < 1.29 is 9.53 Å². The van der Waals surface area contributed by atoms with Gasteiger partial charge in [-0.25, -0.2) is 5.84 Å². The lowest BCUT2D eigenvalue weighted by Crippen LogP contribution is -2.29. The van der Waals surface area contributed by atoms with E-state index in [1.54, 1.807) is 0 Å². The van der Waals surface area contributed by atoms with Gasteiger partial charge < -0.3 is 4.74 Å². The van der Waals surface area contributed by atoms with Crippen LogP contribution in [0.5, 0.6) is 5.75 Å². The smallest absolute Gasteiger partial charge is 0.233 e. The Kier molecular flexibility index (Phi) is 6.22. The molecule has 0 aliphatic rings. The van der Waals surface area contributed by atoms with Crippen molar-refractivity contribution in [1.29, 1.82) is 0 Å². The highest BCUT2D eigenvalue weighted by Crippen LogP contribution is 2.19. The van der Waals surface area contributed by atoms with Crippen LogP contribution in [0.3, 0.4) is 0 Å². The molecule has 4 heteroatoms. The Morgan fingerprint density at radius 3 is 2.72 bits per heavy atom. The number of nitrogens with one attached hydrogen (secondary N) is 1. The number of amides is 1. The number of ether oxygens (including phenoxy) is 1. The normalized spacial score (nSPS) is 10.2. The zero-order chi connectivity index (χ0) is 13.4. The van der Waals surface area contributed by atoms with E-state index in [4.69, 9.17) is 10.6 Å². The third-order valence-corrected chi connectivity index (χ3v) is 2.80. The molecule has 1 aromatic rings. The molecular weight excluding hydrogens is 228 g/mol. The molecule has 0 atom stereocenters. The van der Waals surface area contributed by atoms with Gasteiger partial charge in [-0.2, -0.15) is 0 Å². The molecule has 0 aliphatic heterocycles. The minimum atomic E-state index is -0.106. The number of unbranched alkanes of at least 4 members (excludes halogenated alkanes) is 2. The molecule has 0 bridgehead atoms. The molecule has 0 fully saturated rings. The van der Waals surface area contributed by atoms with Crippen molar-refractivity contribution in [1.82, 2.24) is 5.43 Å². The van der Waals surface area contributed by atoms with Gasteiger partial charge in [0.25, 0.3) is 0 Å². The van der Waals surface area contributed by atoms with Crippen molar-refractivity contribution in [2.45, 2.75) is 39.5 Å². The molecule has 0 aromatic heterocycles. The quantitative estimate of drug-likeness (QED) is 0.337. The van der Waals surface area contributed by atoms with Gasteiger partial charge in [0.05, 0.1) is 6.61 Å². The molecule has 0 spiro atoms. The van der Waals surface area contributed by atoms with Crippen LogP contribution in [-0.2, 0) is 4.79 Å². The number of rotatable bonds is 7. The molecule has 1 aromatic carbocycles. The van der Waals surface area contributed by atoms with Crippen molar-refractivity contribution in [3.8, 4) is 5.75 Å². The van der Waals surface area contributed by atoms with E-state index in [0.717, 1.165) is 30.6 Å². The molecule has 3 N–H and O–H groups in total. The fraction of sp³-hybridized carbons (Fsp3) is 0.500. The van der Waals surface area contributed by atoms with Crippen LogP contribution in [0.2, 0.25) is 0 Å². The minimum absolute atomic E-state index is 0.106. The SMILES string of the molecule is Cc1ccc(OCCCCCC(=O)NN)c(C)c1. The van der Waals surface area contributed by atoms with Gasteiger partial charge in [0.2, 0.25) is 5.91 Å². The molecular formula is C14H22N2O2. The van der Waals surface area contributed by atoms with Crippen molar-refractivity contribution in [2.24, 2.45) is 5.84 Å². The zero-order valence-corrected chi connectivity index (χ0v) is 11.2. The van der Waals surface area contributed by atoms with E-state index in [0.29, 0.717) is 13.0 Å². The van der Waals surface area contributed by atoms with E-state index < -0.39 is 0 Å². The van der Waals surface area contributed by atoms with Crippen LogP contribution in [0.1, 0.15) is 36.8 Å². The first-order chi connectivity index (χ1) is 8.63. The van der Waals surface area contributed by atoms with E-state index in [1.807, 2.05) is 19.1 Å². The summed E-state index contributed by atoms with van der Waals surface area (Å²) in [7, 11) is 0. The van der Waals surface area contributed by atoms with Gasteiger partial charge in [-0.05, 0) is 44.7 Å². The van der Waals surface area contributed by atoms with E-state index in [9.17, 15) is 4.79 Å². The number of nitrogens with two attached hydrogens (primary N) is 1. The lowest BCUT2D eigenvalue weighted by molar-refractivity contribution is -0.121. The Bertz CT molecular complexity index is 391. The van der Waals surface area contributed by atoms with Crippen LogP contribution < -0.4 is 16.0 Å². The summed E-state index contributed by atoms with van der Waals surface area (Å²) in [6, 6.07) is 6.17. The summed E-state index contributed by atoms with van der Waals surface area (Å²) in [5.74, 6) is 5.83. The first-order valence-electron chi connectivity index (χ1n) is 6.33. The van der Waals surface area contributed by atoms with Gasteiger partial charge in [0.1, 0.15) is 5.75 Å². The molecule has 1 rings (SSSR count). The predicted octanol–water partition coefficient (Wildman–Crippen LogP) is 2.23. The number of carbonyl (C=O) groups excluding carboxylic acids is 1. The van der Waals surface area contributed by atoms with Gasteiger partial charge in [-0.1, -0.05) is 17.7 Å². The fourth-order valence-corrected chi connectivity index (χ4v) is 1.78. The number of hydrazine groups is 1. The lowest BCUT2D eigenvalue weighted by atomic mass is 10.1. The number of aryl methyl sites for hydroxylation is 2. The molecule has 0 saturated heterocycles. The standard InChI is InChI=1S/C14H22N2O2/c1-11-7-8-13(12(2)10-11)18-9-5-3-4-6-14(17)16-15/h7-8,10H,3-6,9,15H2,1-2H3,(H,16,17). The summed E-state index contributed by atoms with van der Waals surface area (Å²) in [5.41, 5.74) is 4.53. The van der Waals surface area contributed by atoms with Crippen LogP contribution in [-0.4, -0.2) is 12.5 Å². The van der Waals surface area contributed by atoms with E-state index in [2.05, 4.69) is 18.4 Å². The Morgan fingerprint density at radius 1 is 1.28 bits per heavy atom. The number of benzene rings is 1. The Balaban J connectivity index is 2.16. The summed E-state index contributed by atoms with van der Waals surface area (Å²) in [4.78, 5) is 10.9. The topological polar surface area (TPSA) is 64.3 Å². The highest BCUT2D eigenvalue weighted by atomic mass is 16.5. The van der Waals surface area contributed by atoms with Gasteiger partial charge in [-0.3, -0.25) is 10.2 Å². The fourth-order valence-electron chi connectivity index (χ4n) is 1.78. The number of hydrogen-bond donors (Lipinski definition) is 2. The van der Waals surface area contributed by atoms with Crippen molar-refractivity contribution in [3.05, 3.63) is 29.3 Å². The number of hydrogen-bond acceptors (Lipinski definition) is 3. The highest BCUT2D eigenvalue weighted by molar-refractivity contribution is 5.75. The first-order valence-corrected chi connectivity index (χ1v) is 6.33. The molecule has 0 radical (unpaired) electrons. The van der Waals surface area contributed by atoms with Crippen LogP contribution in [0.4, 0.5) is 0 Å². The van der Waals surface area contributed by atoms with Crippen LogP contribution in [0, 0.1) is 13.8 Å². The van der Waals surface area contributed by atoms with Gasteiger partial charge in [0.15, 0.2) is 0 Å². The summed E-state index contributed by atoms with van der Waals surface area (Å²) < 4.78 is 5.70. The van der Waals surface area contributed by atoms with Gasteiger partial charge in [-0.15, -0.1) is 0 Å². The second-order valence-corrected chi connectivity index (χ2v) is 4.50. The third-order valence-electron chi connectivity index (χ3n) is 2.80. The molecule has 18 heavy (non-hydrogen) atoms. The van der Waals surface area contributed by atoms with E-state index in [1.165, 1.54) is 5.56 Å². The second-order valence-electron chi connectivity index (χ2n) is 4.50. The molecule has 1 amide bonds. The summed E-state index contributed by atoms with van der Waals surface area (Å²) in [6.45, 7) is 4.81. The molecule has 0 aliphatic carbocycles. The minimum Gasteiger partial charge on any atom is -0.493 e. The van der Waals surface area contributed by atoms with Crippen molar-refractivity contribution in [2.75, 3.05) is 6.61 Å². The summed E-state index contributed by atoms with van der Waals surface area (Å²) in [6.07, 6.45) is 3.25. The van der Waals surface area contributed by atoms with Crippen LogP contribution in [0.25, 0.3) is 0 Å². The Morgan fingerprint density at radius 2 is 2.06 bits per heavy atom.